The molecule has 4 nitrogen and oxygen atoms in total. The Bertz CT molecular complexity index is 742. The Kier molecular flexibility index (Phi) is 6.10. The lowest BCUT2D eigenvalue weighted by atomic mass is 10.0. The SMILES string of the molecule is COc1ccccc1[C@@H](CN=Cc1cc(Br)ccc1O)N1CCCC1. The maximum absolute atomic E-state index is 9.97. The van der Waals surface area contributed by atoms with Crippen molar-refractivity contribution < 1.29 is 9.84 Å². The number of hydrogen-bond donors (Lipinski definition) is 1. The zero-order valence-corrected chi connectivity index (χ0v) is 15.9. The highest BCUT2D eigenvalue weighted by Crippen LogP contribution is 2.32. The lowest BCUT2D eigenvalue weighted by molar-refractivity contribution is 0.246. The number of aromatic hydroxyl groups is 1. The Hall–Kier alpha value is -1.85. The van der Waals surface area contributed by atoms with Crippen molar-refractivity contribution in [2.75, 3.05) is 26.7 Å². The summed E-state index contributed by atoms with van der Waals surface area (Å²) in [6.45, 7) is 2.80. The van der Waals surface area contributed by atoms with Crippen molar-refractivity contribution in [2.24, 2.45) is 4.99 Å². The molecule has 2 aromatic carbocycles. The van der Waals surface area contributed by atoms with Crippen LogP contribution in [0.3, 0.4) is 0 Å². The molecule has 0 aliphatic carbocycles. The van der Waals surface area contributed by atoms with Crippen LogP contribution in [0.1, 0.15) is 30.0 Å². The number of phenols is 1. The van der Waals surface area contributed by atoms with Gasteiger partial charge in [0.05, 0.1) is 19.7 Å². The third kappa shape index (κ3) is 4.41. The molecule has 1 atom stereocenters. The predicted molar refractivity (Wildman–Crippen MR) is 105 cm³/mol. The third-order valence-corrected chi connectivity index (χ3v) is 5.07. The van der Waals surface area contributed by atoms with Crippen LogP contribution < -0.4 is 4.74 Å². The first-order chi connectivity index (χ1) is 12.2. The maximum atomic E-state index is 9.97. The molecule has 5 heteroatoms. The molecule has 0 amide bonds. The number of halogens is 1. The van der Waals surface area contributed by atoms with E-state index in [-0.39, 0.29) is 11.8 Å². The van der Waals surface area contributed by atoms with Crippen molar-refractivity contribution in [3.05, 3.63) is 58.1 Å². The lowest BCUT2D eigenvalue weighted by Crippen LogP contribution is -2.28. The molecule has 25 heavy (non-hydrogen) atoms. The second kappa shape index (κ2) is 8.50. The molecular formula is C20H23BrN2O2. The molecule has 0 bridgehead atoms. The standard InChI is InChI=1S/C20H23BrN2O2/c1-25-20-7-3-2-6-17(20)18(23-10-4-5-11-23)14-22-13-15-12-16(21)8-9-19(15)24/h2-3,6-9,12-13,18,24H,4-5,10-11,14H2,1H3/t18-/m1/s1. The molecule has 2 aromatic rings. The normalized spacial score (nSPS) is 16.4. The highest BCUT2D eigenvalue weighted by molar-refractivity contribution is 9.10. The maximum Gasteiger partial charge on any atom is 0.124 e. The molecule has 0 spiro atoms. The topological polar surface area (TPSA) is 45.1 Å². The van der Waals surface area contributed by atoms with Crippen LogP contribution in [-0.4, -0.2) is 43.0 Å². The summed E-state index contributed by atoms with van der Waals surface area (Å²) in [5, 5.41) is 9.97. The third-order valence-electron chi connectivity index (χ3n) is 4.58. The van der Waals surface area contributed by atoms with E-state index in [1.54, 1.807) is 19.4 Å². The van der Waals surface area contributed by atoms with Crippen LogP contribution in [-0.2, 0) is 0 Å². The smallest absolute Gasteiger partial charge is 0.124 e. The highest BCUT2D eigenvalue weighted by atomic mass is 79.9. The number of para-hydroxylation sites is 1. The molecule has 3 rings (SSSR count). The van der Waals surface area contributed by atoms with Gasteiger partial charge in [0.25, 0.3) is 0 Å². The Morgan fingerprint density at radius 1 is 1.24 bits per heavy atom. The van der Waals surface area contributed by atoms with E-state index in [9.17, 15) is 5.11 Å². The van der Waals surface area contributed by atoms with E-state index >= 15 is 0 Å². The van der Waals surface area contributed by atoms with Gasteiger partial charge in [0, 0.05) is 21.8 Å². The van der Waals surface area contributed by atoms with Crippen LogP contribution in [0.4, 0.5) is 0 Å². The second-order valence-corrected chi connectivity index (χ2v) is 7.11. The number of hydrogen-bond acceptors (Lipinski definition) is 4. The van der Waals surface area contributed by atoms with Gasteiger partial charge in [-0.25, -0.2) is 0 Å². The Balaban J connectivity index is 1.83. The van der Waals surface area contributed by atoms with Crippen molar-refractivity contribution in [1.82, 2.24) is 4.90 Å². The summed E-state index contributed by atoms with van der Waals surface area (Å²) in [5.41, 5.74) is 1.89. The first-order valence-corrected chi connectivity index (χ1v) is 9.33. The lowest BCUT2D eigenvalue weighted by Gasteiger charge is -2.27. The molecule has 0 saturated carbocycles. The molecule has 1 aliphatic rings. The average Bonchev–Trinajstić information content (AvgIpc) is 3.16. The molecule has 0 radical (unpaired) electrons. The first kappa shape index (κ1) is 18.0. The van der Waals surface area contributed by atoms with Gasteiger partial charge < -0.3 is 9.84 Å². The highest BCUT2D eigenvalue weighted by Gasteiger charge is 2.25. The molecule has 1 fully saturated rings. The van der Waals surface area contributed by atoms with E-state index in [0.29, 0.717) is 6.54 Å². The molecule has 132 valence electrons. The van der Waals surface area contributed by atoms with Gasteiger partial charge in [-0.1, -0.05) is 34.1 Å². The molecule has 0 unspecified atom stereocenters. The summed E-state index contributed by atoms with van der Waals surface area (Å²) < 4.78 is 6.48. The molecule has 1 heterocycles. The summed E-state index contributed by atoms with van der Waals surface area (Å²) in [7, 11) is 1.71. The van der Waals surface area contributed by atoms with Gasteiger partial charge in [0.1, 0.15) is 11.5 Å². The van der Waals surface area contributed by atoms with Crippen LogP contribution in [0, 0.1) is 0 Å². The number of methoxy groups -OCH3 is 1. The fourth-order valence-electron chi connectivity index (χ4n) is 3.29. The summed E-state index contributed by atoms with van der Waals surface area (Å²) in [5.74, 6) is 1.14. The number of aliphatic imine (C=N–C) groups is 1. The summed E-state index contributed by atoms with van der Waals surface area (Å²) in [6, 6.07) is 13.7. The minimum absolute atomic E-state index is 0.184. The van der Waals surface area contributed by atoms with Crippen molar-refractivity contribution in [1.29, 1.82) is 0 Å². The quantitative estimate of drug-likeness (QED) is 0.727. The van der Waals surface area contributed by atoms with E-state index in [1.807, 2.05) is 30.3 Å². The van der Waals surface area contributed by atoms with Crippen molar-refractivity contribution in [2.45, 2.75) is 18.9 Å². The number of benzene rings is 2. The van der Waals surface area contributed by atoms with Crippen LogP contribution in [0.25, 0.3) is 0 Å². The van der Waals surface area contributed by atoms with E-state index in [2.05, 4.69) is 31.9 Å². The zero-order chi connectivity index (χ0) is 17.6. The van der Waals surface area contributed by atoms with E-state index in [4.69, 9.17) is 4.74 Å². The second-order valence-electron chi connectivity index (χ2n) is 6.20. The first-order valence-electron chi connectivity index (χ1n) is 8.54. The fraction of sp³-hybridized carbons (Fsp3) is 0.350. The summed E-state index contributed by atoms with van der Waals surface area (Å²) >= 11 is 3.43. The van der Waals surface area contributed by atoms with E-state index < -0.39 is 0 Å². The minimum atomic E-state index is 0.184. The Morgan fingerprint density at radius 2 is 2.00 bits per heavy atom. The van der Waals surface area contributed by atoms with Gasteiger partial charge in [0.2, 0.25) is 0 Å². The van der Waals surface area contributed by atoms with Crippen LogP contribution in [0.15, 0.2) is 51.9 Å². The Morgan fingerprint density at radius 3 is 2.76 bits per heavy atom. The van der Waals surface area contributed by atoms with Gasteiger partial charge in [-0.05, 0) is 50.2 Å². The molecular weight excluding hydrogens is 380 g/mol. The zero-order valence-electron chi connectivity index (χ0n) is 14.4. The summed E-state index contributed by atoms with van der Waals surface area (Å²) in [6.07, 6.45) is 4.20. The monoisotopic (exact) mass is 402 g/mol. The van der Waals surface area contributed by atoms with Crippen molar-refractivity contribution >= 4 is 22.1 Å². The Labute approximate surface area is 157 Å². The van der Waals surface area contributed by atoms with Gasteiger partial charge in [0.15, 0.2) is 0 Å². The number of nitrogens with zero attached hydrogens (tertiary/aromatic N) is 2. The number of ether oxygens (including phenoxy) is 1. The van der Waals surface area contributed by atoms with Crippen LogP contribution in [0.5, 0.6) is 11.5 Å². The molecule has 1 saturated heterocycles. The van der Waals surface area contributed by atoms with Gasteiger partial charge in [-0.2, -0.15) is 0 Å². The van der Waals surface area contributed by atoms with Crippen molar-refractivity contribution in [3.8, 4) is 11.5 Å². The summed E-state index contributed by atoms with van der Waals surface area (Å²) in [4.78, 5) is 7.11. The van der Waals surface area contributed by atoms with E-state index in [0.717, 1.165) is 28.9 Å². The largest absolute Gasteiger partial charge is 0.507 e. The van der Waals surface area contributed by atoms with Gasteiger partial charge >= 0.3 is 0 Å². The molecule has 1 aliphatic heterocycles. The van der Waals surface area contributed by atoms with Crippen LogP contribution >= 0.6 is 15.9 Å². The molecule has 0 aromatic heterocycles. The van der Waals surface area contributed by atoms with Gasteiger partial charge in [-0.15, -0.1) is 0 Å². The van der Waals surface area contributed by atoms with Gasteiger partial charge in [-0.3, -0.25) is 9.89 Å². The minimum Gasteiger partial charge on any atom is -0.507 e. The number of phenolic OH excluding ortho intramolecular Hbond substituents is 1. The number of rotatable bonds is 6. The average molecular weight is 403 g/mol. The van der Waals surface area contributed by atoms with E-state index in [1.165, 1.54) is 18.4 Å². The number of likely N-dealkylation sites (tertiary alicyclic amines) is 1. The molecule has 1 N–H and O–H groups in total. The van der Waals surface area contributed by atoms with Crippen LogP contribution in [0.2, 0.25) is 0 Å². The predicted octanol–water partition coefficient (Wildman–Crippen LogP) is 4.42. The van der Waals surface area contributed by atoms with Crippen molar-refractivity contribution in [3.63, 3.8) is 0 Å². The fourth-order valence-corrected chi connectivity index (χ4v) is 3.66.